The second-order valence-corrected chi connectivity index (χ2v) is 6.65. The molecule has 1 N–H and O–H groups in total. The molecule has 1 fully saturated rings. The van der Waals surface area contributed by atoms with Crippen LogP contribution in [-0.2, 0) is 14.8 Å². The first-order chi connectivity index (χ1) is 8.95. The molecular weight excluding hydrogens is 292 g/mol. The average molecular weight is 307 g/mol. The molecule has 8 heteroatoms. The Labute approximate surface area is 117 Å². The smallest absolute Gasteiger partial charge is 0.243 e. The first-order valence-corrected chi connectivity index (χ1v) is 7.63. The summed E-state index contributed by atoms with van der Waals surface area (Å²) in [6, 6.07) is 2.42. The number of nitrogens with zero attached hydrogens (tertiary/aromatic N) is 2. The van der Waals surface area contributed by atoms with Gasteiger partial charge in [-0.05, 0) is 19.1 Å². The first-order valence-electron chi connectivity index (χ1n) is 5.81. The van der Waals surface area contributed by atoms with Crippen molar-refractivity contribution in [3.05, 3.63) is 23.5 Å². The predicted molar refractivity (Wildman–Crippen MR) is 69.4 cm³/mol. The molecule has 0 saturated carbocycles. The van der Waals surface area contributed by atoms with Crippen LogP contribution in [0, 0.1) is 0 Å². The van der Waals surface area contributed by atoms with Crippen LogP contribution in [0.5, 0.6) is 0 Å². The number of rotatable bonds is 3. The van der Waals surface area contributed by atoms with Gasteiger partial charge in [-0.15, -0.1) is 0 Å². The molecule has 1 saturated heterocycles. The largest absolute Gasteiger partial charge is 0.394 e. The number of pyridine rings is 1. The minimum atomic E-state index is -3.66. The number of aliphatic hydroxyl groups is 1. The van der Waals surface area contributed by atoms with Crippen LogP contribution in [0.3, 0.4) is 0 Å². The molecule has 0 amide bonds. The Balaban J connectivity index is 2.32. The van der Waals surface area contributed by atoms with Crippen molar-refractivity contribution in [1.82, 2.24) is 9.29 Å². The summed E-state index contributed by atoms with van der Waals surface area (Å²) in [7, 11) is -3.66. The van der Waals surface area contributed by atoms with Crippen molar-refractivity contribution in [3.8, 4) is 0 Å². The summed E-state index contributed by atoms with van der Waals surface area (Å²) < 4.78 is 31.7. The third-order valence-electron chi connectivity index (χ3n) is 2.96. The van der Waals surface area contributed by atoms with E-state index in [1.807, 2.05) is 0 Å². The summed E-state index contributed by atoms with van der Waals surface area (Å²) in [5, 5.41) is 9.22. The van der Waals surface area contributed by atoms with Gasteiger partial charge in [-0.2, -0.15) is 4.31 Å². The highest BCUT2D eigenvalue weighted by Crippen LogP contribution is 2.23. The number of halogens is 1. The predicted octanol–water partition coefficient (Wildman–Crippen LogP) is 0.505. The molecule has 0 spiro atoms. The number of hydrogen-bond donors (Lipinski definition) is 1. The summed E-state index contributed by atoms with van der Waals surface area (Å²) in [5.74, 6) is 0. The molecule has 1 aromatic heterocycles. The van der Waals surface area contributed by atoms with Gasteiger partial charge in [0.15, 0.2) is 0 Å². The Bertz CT molecular complexity index is 551. The maximum atomic E-state index is 12.5. The number of hydrogen-bond acceptors (Lipinski definition) is 5. The van der Waals surface area contributed by atoms with E-state index in [1.165, 1.54) is 22.6 Å². The maximum absolute atomic E-state index is 12.5. The van der Waals surface area contributed by atoms with E-state index in [-0.39, 0.29) is 35.8 Å². The van der Waals surface area contributed by atoms with E-state index in [4.69, 9.17) is 21.4 Å². The van der Waals surface area contributed by atoms with E-state index >= 15 is 0 Å². The molecule has 2 unspecified atom stereocenters. The van der Waals surface area contributed by atoms with E-state index < -0.39 is 16.1 Å². The van der Waals surface area contributed by atoms with Crippen LogP contribution in [0.25, 0.3) is 0 Å². The maximum Gasteiger partial charge on any atom is 0.243 e. The lowest BCUT2D eigenvalue weighted by Gasteiger charge is -2.36. The van der Waals surface area contributed by atoms with Gasteiger partial charge in [0.05, 0.1) is 24.2 Å². The molecule has 19 heavy (non-hydrogen) atoms. The zero-order chi connectivity index (χ0) is 14.0. The topological polar surface area (TPSA) is 79.7 Å². The minimum Gasteiger partial charge on any atom is -0.394 e. The molecule has 6 nitrogen and oxygen atoms in total. The molecule has 2 atom stereocenters. The van der Waals surface area contributed by atoms with Gasteiger partial charge in [-0.25, -0.2) is 13.4 Å². The Morgan fingerprint density at radius 2 is 2.37 bits per heavy atom. The molecular formula is C11H15ClN2O4S. The lowest BCUT2D eigenvalue weighted by molar-refractivity contribution is -0.0516. The monoisotopic (exact) mass is 306 g/mol. The molecule has 1 aliphatic heterocycles. The highest BCUT2D eigenvalue weighted by molar-refractivity contribution is 7.89. The van der Waals surface area contributed by atoms with E-state index in [0.29, 0.717) is 0 Å². The third kappa shape index (κ3) is 3.06. The number of ether oxygens (including phenoxy) is 1. The first kappa shape index (κ1) is 14.7. The standard InChI is InChI=1S/C11H15ClN2O4S/c1-8-7-18-9(6-15)5-14(8)19(16,17)10-2-3-13-11(12)4-10/h2-4,8-9,15H,5-7H2,1H3. The van der Waals surface area contributed by atoms with Crippen LogP contribution in [0.2, 0.25) is 5.15 Å². The van der Waals surface area contributed by atoms with E-state index in [9.17, 15) is 8.42 Å². The van der Waals surface area contributed by atoms with Crippen molar-refractivity contribution >= 4 is 21.6 Å². The fourth-order valence-electron chi connectivity index (χ4n) is 1.92. The van der Waals surface area contributed by atoms with Crippen molar-refractivity contribution in [2.75, 3.05) is 19.8 Å². The normalized spacial score (nSPS) is 25.4. The van der Waals surface area contributed by atoms with Crippen LogP contribution >= 0.6 is 11.6 Å². The Hall–Kier alpha value is -0.730. The fourth-order valence-corrected chi connectivity index (χ4v) is 3.82. The van der Waals surface area contributed by atoms with Crippen LogP contribution in [-0.4, -0.2) is 54.7 Å². The van der Waals surface area contributed by atoms with Gasteiger partial charge in [0.1, 0.15) is 5.15 Å². The summed E-state index contributed by atoms with van der Waals surface area (Å²) in [6.45, 7) is 1.92. The van der Waals surface area contributed by atoms with Gasteiger partial charge < -0.3 is 9.84 Å². The van der Waals surface area contributed by atoms with Crippen molar-refractivity contribution in [2.45, 2.75) is 24.0 Å². The number of morpholine rings is 1. The molecule has 1 aliphatic rings. The lowest BCUT2D eigenvalue weighted by Crippen LogP contribution is -2.51. The van der Waals surface area contributed by atoms with Crippen molar-refractivity contribution in [2.24, 2.45) is 0 Å². The van der Waals surface area contributed by atoms with Crippen molar-refractivity contribution < 1.29 is 18.3 Å². The molecule has 0 bridgehead atoms. The summed E-state index contributed by atoms with van der Waals surface area (Å²) in [4.78, 5) is 3.86. The Morgan fingerprint density at radius 3 is 3.00 bits per heavy atom. The van der Waals surface area contributed by atoms with Crippen molar-refractivity contribution in [1.29, 1.82) is 0 Å². The van der Waals surface area contributed by atoms with Crippen LogP contribution in [0.15, 0.2) is 23.2 Å². The quantitative estimate of drug-likeness (QED) is 0.823. The van der Waals surface area contributed by atoms with Crippen LogP contribution < -0.4 is 0 Å². The highest BCUT2D eigenvalue weighted by Gasteiger charge is 2.35. The zero-order valence-electron chi connectivity index (χ0n) is 10.4. The SMILES string of the molecule is CC1COC(CO)CN1S(=O)(=O)c1ccnc(Cl)c1. The van der Waals surface area contributed by atoms with Gasteiger partial charge in [-0.1, -0.05) is 11.6 Å². The number of aromatic nitrogens is 1. The van der Waals surface area contributed by atoms with Gasteiger partial charge in [0.25, 0.3) is 0 Å². The molecule has 0 aromatic carbocycles. The third-order valence-corrected chi connectivity index (χ3v) is 5.14. The van der Waals surface area contributed by atoms with Crippen LogP contribution in [0.1, 0.15) is 6.92 Å². The molecule has 1 aromatic rings. The van der Waals surface area contributed by atoms with Crippen molar-refractivity contribution in [3.63, 3.8) is 0 Å². The fraction of sp³-hybridized carbons (Fsp3) is 0.545. The average Bonchev–Trinajstić information content (AvgIpc) is 2.39. The lowest BCUT2D eigenvalue weighted by atomic mass is 10.2. The summed E-state index contributed by atoms with van der Waals surface area (Å²) >= 11 is 5.72. The highest BCUT2D eigenvalue weighted by atomic mass is 35.5. The van der Waals surface area contributed by atoms with E-state index in [2.05, 4.69) is 4.98 Å². The molecule has 2 heterocycles. The summed E-state index contributed by atoms with van der Waals surface area (Å²) in [6.07, 6.45) is 0.854. The zero-order valence-corrected chi connectivity index (χ0v) is 11.9. The Kier molecular flexibility index (Phi) is 4.42. The minimum absolute atomic E-state index is 0.0953. The Morgan fingerprint density at radius 1 is 1.63 bits per heavy atom. The van der Waals surface area contributed by atoms with Gasteiger partial charge in [0.2, 0.25) is 10.0 Å². The molecule has 0 aliphatic carbocycles. The van der Waals surface area contributed by atoms with Crippen LogP contribution in [0.4, 0.5) is 0 Å². The second kappa shape index (κ2) is 5.72. The molecule has 0 radical (unpaired) electrons. The second-order valence-electron chi connectivity index (χ2n) is 4.38. The molecule has 106 valence electrons. The van der Waals surface area contributed by atoms with Gasteiger partial charge >= 0.3 is 0 Å². The van der Waals surface area contributed by atoms with E-state index in [1.54, 1.807) is 6.92 Å². The number of aliphatic hydroxyl groups excluding tert-OH is 1. The number of sulfonamides is 1. The van der Waals surface area contributed by atoms with Gasteiger partial charge in [-0.3, -0.25) is 0 Å². The van der Waals surface area contributed by atoms with E-state index in [0.717, 1.165) is 0 Å². The molecule has 2 rings (SSSR count). The summed E-state index contributed by atoms with van der Waals surface area (Å²) in [5.41, 5.74) is 0. The van der Waals surface area contributed by atoms with Gasteiger partial charge in [0, 0.05) is 18.8 Å².